The van der Waals surface area contributed by atoms with E-state index in [-0.39, 0.29) is 18.0 Å². The van der Waals surface area contributed by atoms with Gasteiger partial charge in [0.25, 0.3) is 0 Å². The van der Waals surface area contributed by atoms with Crippen molar-refractivity contribution in [2.45, 2.75) is 43.6 Å². The average molecular weight is 428 g/mol. The van der Waals surface area contributed by atoms with Crippen LogP contribution in [-0.2, 0) is 15.6 Å². The van der Waals surface area contributed by atoms with Gasteiger partial charge in [-0.3, -0.25) is 0 Å². The summed E-state index contributed by atoms with van der Waals surface area (Å²) in [5.41, 5.74) is 2.13. The second-order valence-electron chi connectivity index (χ2n) is 7.83. The molecule has 7 nitrogen and oxygen atoms in total. The number of fused-ring (bicyclic) bond motifs is 1. The molecule has 2 aromatic carbocycles. The zero-order valence-corrected chi connectivity index (χ0v) is 17.6. The molecule has 2 N–H and O–H groups in total. The van der Waals surface area contributed by atoms with Gasteiger partial charge in [-0.25, -0.2) is 18.4 Å². The number of benzene rings is 2. The molecule has 0 radical (unpaired) electrons. The zero-order chi connectivity index (χ0) is 21.1. The number of nitrogens with one attached hydrogen (secondary N) is 1. The molecule has 1 aliphatic rings. The molecule has 8 heteroatoms. The largest absolute Gasteiger partial charge is 0.488 e. The number of nitrogens with zero attached hydrogens (tertiary/aromatic N) is 2. The molecule has 0 bridgehead atoms. The van der Waals surface area contributed by atoms with Crippen molar-refractivity contribution in [3.63, 3.8) is 0 Å². The fourth-order valence-electron chi connectivity index (χ4n) is 3.70. The van der Waals surface area contributed by atoms with Gasteiger partial charge in [-0.1, -0.05) is 24.3 Å². The highest BCUT2D eigenvalue weighted by atomic mass is 32.2. The smallest absolute Gasteiger partial charge is 0.227 e. The van der Waals surface area contributed by atoms with Crippen molar-refractivity contribution < 1.29 is 18.3 Å². The summed E-state index contributed by atoms with van der Waals surface area (Å²) >= 11 is 0. The molecule has 0 spiro atoms. The Morgan fingerprint density at radius 2 is 1.90 bits per heavy atom. The van der Waals surface area contributed by atoms with E-state index in [4.69, 9.17) is 4.74 Å². The SMILES string of the molecule is CS(=O)(=O)Cc1cccc(Nc2ncc3cccc(OC4CCC(O)CC4)c3n2)c1. The fraction of sp³-hybridized carbons (Fsp3) is 0.364. The minimum atomic E-state index is -3.11. The number of sulfone groups is 1. The Kier molecular flexibility index (Phi) is 5.87. The van der Waals surface area contributed by atoms with Gasteiger partial charge in [-0.15, -0.1) is 0 Å². The predicted molar refractivity (Wildman–Crippen MR) is 117 cm³/mol. The number of anilines is 2. The molecule has 0 atom stereocenters. The summed E-state index contributed by atoms with van der Waals surface area (Å²) in [6.07, 6.45) is 5.94. The fourth-order valence-corrected chi connectivity index (χ4v) is 4.48. The van der Waals surface area contributed by atoms with Crippen LogP contribution >= 0.6 is 0 Å². The summed E-state index contributed by atoms with van der Waals surface area (Å²) in [5.74, 6) is 1.09. The van der Waals surface area contributed by atoms with Crippen molar-refractivity contribution in [3.05, 3.63) is 54.2 Å². The number of aliphatic hydroxyl groups is 1. The van der Waals surface area contributed by atoms with Crippen molar-refractivity contribution in [2.75, 3.05) is 11.6 Å². The van der Waals surface area contributed by atoms with Gasteiger partial charge in [-0.05, 0) is 49.4 Å². The minimum Gasteiger partial charge on any atom is -0.488 e. The Hall–Kier alpha value is -2.71. The van der Waals surface area contributed by atoms with E-state index in [0.29, 0.717) is 22.8 Å². The highest BCUT2D eigenvalue weighted by Crippen LogP contribution is 2.29. The van der Waals surface area contributed by atoms with Gasteiger partial charge in [0, 0.05) is 23.5 Å². The number of hydrogen-bond acceptors (Lipinski definition) is 7. The van der Waals surface area contributed by atoms with E-state index in [0.717, 1.165) is 36.8 Å². The second-order valence-corrected chi connectivity index (χ2v) is 9.97. The van der Waals surface area contributed by atoms with Crippen LogP contribution in [0.4, 0.5) is 11.6 Å². The number of aromatic nitrogens is 2. The molecule has 1 aromatic heterocycles. The molecule has 1 fully saturated rings. The Morgan fingerprint density at radius 3 is 2.67 bits per heavy atom. The topological polar surface area (TPSA) is 101 Å². The summed E-state index contributed by atoms with van der Waals surface area (Å²) in [4.78, 5) is 9.02. The maximum Gasteiger partial charge on any atom is 0.227 e. The molecular weight excluding hydrogens is 402 g/mol. The summed E-state index contributed by atoms with van der Waals surface area (Å²) in [6, 6.07) is 13.0. The molecule has 4 rings (SSSR count). The van der Waals surface area contributed by atoms with Gasteiger partial charge < -0.3 is 15.2 Å². The third-order valence-electron chi connectivity index (χ3n) is 5.12. The van der Waals surface area contributed by atoms with Gasteiger partial charge >= 0.3 is 0 Å². The van der Waals surface area contributed by atoms with Gasteiger partial charge in [-0.2, -0.15) is 0 Å². The monoisotopic (exact) mass is 427 g/mol. The van der Waals surface area contributed by atoms with E-state index in [1.807, 2.05) is 24.3 Å². The van der Waals surface area contributed by atoms with Crippen LogP contribution in [0.5, 0.6) is 5.75 Å². The van der Waals surface area contributed by atoms with Crippen molar-refractivity contribution in [3.8, 4) is 5.75 Å². The maximum atomic E-state index is 11.6. The molecule has 1 saturated carbocycles. The lowest BCUT2D eigenvalue weighted by Gasteiger charge is -2.26. The highest BCUT2D eigenvalue weighted by molar-refractivity contribution is 7.89. The van der Waals surface area contributed by atoms with Crippen LogP contribution in [0.15, 0.2) is 48.7 Å². The van der Waals surface area contributed by atoms with E-state index in [1.165, 1.54) is 6.26 Å². The Morgan fingerprint density at radius 1 is 1.13 bits per heavy atom. The molecular formula is C22H25N3O4S. The van der Waals surface area contributed by atoms with E-state index >= 15 is 0 Å². The first-order valence-corrected chi connectivity index (χ1v) is 12.1. The molecule has 1 aliphatic carbocycles. The summed E-state index contributed by atoms with van der Waals surface area (Å²) < 4.78 is 29.3. The minimum absolute atomic E-state index is 0.0187. The number of ether oxygens (including phenoxy) is 1. The Bertz CT molecular complexity index is 1140. The lowest BCUT2D eigenvalue weighted by atomic mass is 9.95. The third kappa shape index (κ3) is 5.25. The first-order valence-electron chi connectivity index (χ1n) is 10.00. The van der Waals surface area contributed by atoms with Crippen LogP contribution in [0, 0.1) is 0 Å². The first-order chi connectivity index (χ1) is 14.4. The van der Waals surface area contributed by atoms with E-state index in [9.17, 15) is 13.5 Å². The summed E-state index contributed by atoms with van der Waals surface area (Å²) in [7, 11) is -3.11. The molecule has 0 unspecified atom stereocenters. The van der Waals surface area contributed by atoms with Crippen LogP contribution in [0.25, 0.3) is 10.9 Å². The number of aliphatic hydroxyl groups excluding tert-OH is 1. The van der Waals surface area contributed by atoms with Gasteiger partial charge in [0.15, 0.2) is 9.84 Å². The second kappa shape index (κ2) is 8.57. The van der Waals surface area contributed by atoms with E-state index < -0.39 is 9.84 Å². The average Bonchev–Trinajstić information content (AvgIpc) is 2.69. The molecule has 158 valence electrons. The molecule has 1 heterocycles. The predicted octanol–water partition coefficient (Wildman–Crippen LogP) is 3.60. The first kappa shape index (κ1) is 20.6. The molecule has 0 saturated heterocycles. The van der Waals surface area contributed by atoms with Crippen LogP contribution in [-0.4, -0.2) is 42.0 Å². The van der Waals surface area contributed by atoms with Crippen LogP contribution in [0.3, 0.4) is 0 Å². The number of hydrogen-bond donors (Lipinski definition) is 2. The third-order valence-corrected chi connectivity index (χ3v) is 5.98. The number of rotatable bonds is 6. The van der Waals surface area contributed by atoms with Crippen molar-refractivity contribution in [1.29, 1.82) is 0 Å². The normalized spacial score (nSPS) is 19.5. The van der Waals surface area contributed by atoms with E-state index in [1.54, 1.807) is 24.4 Å². The van der Waals surface area contributed by atoms with Gasteiger partial charge in [0.1, 0.15) is 11.3 Å². The molecule has 3 aromatic rings. The standard InChI is InChI=1S/C22H25N3O4S/c1-30(27,28)14-15-4-2-6-17(12-15)24-22-23-13-16-5-3-7-20(21(16)25-22)29-19-10-8-18(26)9-11-19/h2-7,12-13,18-19,26H,8-11,14H2,1H3,(H,23,24,25). The van der Waals surface area contributed by atoms with Crippen LogP contribution in [0.1, 0.15) is 31.2 Å². The number of para-hydroxylation sites is 1. The zero-order valence-electron chi connectivity index (χ0n) is 16.8. The van der Waals surface area contributed by atoms with Crippen LogP contribution in [0.2, 0.25) is 0 Å². The quantitative estimate of drug-likeness (QED) is 0.620. The maximum absolute atomic E-state index is 11.6. The highest BCUT2D eigenvalue weighted by Gasteiger charge is 2.21. The van der Waals surface area contributed by atoms with Crippen LogP contribution < -0.4 is 10.1 Å². The summed E-state index contributed by atoms with van der Waals surface area (Å²) in [6.45, 7) is 0. The molecule has 0 amide bonds. The van der Waals surface area contributed by atoms with Crippen molar-refractivity contribution in [2.24, 2.45) is 0 Å². The molecule has 0 aliphatic heterocycles. The lowest BCUT2D eigenvalue weighted by molar-refractivity contribution is 0.0672. The lowest BCUT2D eigenvalue weighted by Crippen LogP contribution is -2.26. The van der Waals surface area contributed by atoms with E-state index in [2.05, 4.69) is 15.3 Å². The Labute approximate surface area is 176 Å². The summed E-state index contributed by atoms with van der Waals surface area (Å²) in [5, 5.41) is 13.7. The van der Waals surface area contributed by atoms with Gasteiger partial charge in [0.2, 0.25) is 5.95 Å². The Balaban J connectivity index is 1.56. The van der Waals surface area contributed by atoms with Crippen molar-refractivity contribution >= 4 is 32.4 Å². The van der Waals surface area contributed by atoms with Gasteiger partial charge in [0.05, 0.1) is 18.0 Å². The van der Waals surface area contributed by atoms with Crippen molar-refractivity contribution in [1.82, 2.24) is 9.97 Å². The molecule has 30 heavy (non-hydrogen) atoms.